The quantitative estimate of drug-likeness (QED) is 0.408. The maximum absolute atomic E-state index is 12.0. The van der Waals surface area contributed by atoms with Crippen LogP contribution in [-0.2, 0) is 0 Å². The van der Waals surface area contributed by atoms with Crippen molar-refractivity contribution in [2.24, 2.45) is 5.84 Å². The first-order valence-electron chi connectivity index (χ1n) is 5.46. The number of anilines is 1. The molecule has 0 radical (unpaired) electrons. The zero-order valence-electron chi connectivity index (χ0n) is 10.4. The van der Waals surface area contributed by atoms with Gasteiger partial charge in [0.1, 0.15) is 5.69 Å². The van der Waals surface area contributed by atoms with E-state index in [-0.39, 0.29) is 17.5 Å². The Labute approximate surface area is 108 Å². The number of nitrogens with two attached hydrogens (primary N) is 1. The van der Waals surface area contributed by atoms with Crippen LogP contribution in [-0.4, -0.2) is 36.5 Å². The zero-order chi connectivity index (χ0) is 13.8. The molecule has 10 nitrogen and oxygen atoms in total. The number of carbonyl (C=O) groups excluding carboxylic acids is 1. The van der Waals surface area contributed by atoms with Gasteiger partial charge in [-0.25, -0.2) is 15.8 Å². The van der Waals surface area contributed by atoms with Gasteiger partial charge in [0.15, 0.2) is 5.82 Å². The predicted octanol–water partition coefficient (Wildman–Crippen LogP) is -0.925. The van der Waals surface area contributed by atoms with Crippen molar-refractivity contribution in [1.82, 2.24) is 35.9 Å². The highest BCUT2D eigenvalue weighted by Crippen LogP contribution is 2.07. The van der Waals surface area contributed by atoms with E-state index in [0.29, 0.717) is 11.5 Å². The molecule has 0 saturated heterocycles. The van der Waals surface area contributed by atoms with Crippen molar-refractivity contribution in [2.45, 2.75) is 19.9 Å². The van der Waals surface area contributed by atoms with Gasteiger partial charge in [-0.05, 0) is 19.9 Å². The lowest BCUT2D eigenvalue weighted by Crippen LogP contribution is -2.29. The molecule has 0 aliphatic rings. The zero-order valence-corrected chi connectivity index (χ0v) is 10.4. The Kier molecular flexibility index (Phi) is 3.61. The summed E-state index contributed by atoms with van der Waals surface area (Å²) in [5.74, 6) is 5.41. The lowest BCUT2D eigenvalue weighted by molar-refractivity contribution is 0.0933. The van der Waals surface area contributed by atoms with E-state index >= 15 is 0 Å². The Bertz CT molecular complexity index is 567. The van der Waals surface area contributed by atoms with Crippen molar-refractivity contribution in [3.8, 4) is 0 Å². The fourth-order valence-corrected chi connectivity index (χ4v) is 1.44. The number of aromatic amines is 1. The molecule has 0 spiro atoms. The topological polar surface area (TPSA) is 147 Å². The highest BCUT2D eigenvalue weighted by molar-refractivity contribution is 5.92. The van der Waals surface area contributed by atoms with Gasteiger partial charge in [0, 0.05) is 5.69 Å². The van der Waals surface area contributed by atoms with Gasteiger partial charge >= 0.3 is 0 Å². The van der Waals surface area contributed by atoms with E-state index in [4.69, 9.17) is 5.84 Å². The molecule has 0 fully saturated rings. The van der Waals surface area contributed by atoms with Gasteiger partial charge in [-0.1, -0.05) is 5.21 Å². The summed E-state index contributed by atoms with van der Waals surface area (Å²) >= 11 is 0. The number of carbonyl (C=O) groups is 1. The lowest BCUT2D eigenvalue weighted by Gasteiger charge is -2.10. The summed E-state index contributed by atoms with van der Waals surface area (Å²) in [6, 6.07) is 1.16. The SMILES string of the molecule is Cc1cc(C(=O)NC(C)c2nn[nH]n2)nc(NN)n1. The Balaban J connectivity index is 2.13. The van der Waals surface area contributed by atoms with Gasteiger partial charge in [0.05, 0.1) is 6.04 Å². The second kappa shape index (κ2) is 5.35. The van der Waals surface area contributed by atoms with Crippen LogP contribution in [0.1, 0.15) is 35.0 Å². The second-order valence-electron chi connectivity index (χ2n) is 3.83. The van der Waals surface area contributed by atoms with E-state index in [1.807, 2.05) is 0 Å². The maximum atomic E-state index is 12.0. The van der Waals surface area contributed by atoms with Crippen molar-refractivity contribution >= 4 is 11.9 Å². The van der Waals surface area contributed by atoms with Crippen molar-refractivity contribution in [3.63, 3.8) is 0 Å². The maximum Gasteiger partial charge on any atom is 0.270 e. The lowest BCUT2D eigenvalue weighted by atomic mass is 10.2. The number of aromatic nitrogens is 6. The van der Waals surface area contributed by atoms with Crippen LogP contribution in [0.15, 0.2) is 6.07 Å². The van der Waals surface area contributed by atoms with E-state index in [2.05, 4.69) is 41.3 Å². The van der Waals surface area contributed by atoms with Gasteiger partial charge in [-0.3, -0.25) is 10.2 Å². The summed E-state index contributed by atoms with van der Waals surface area (Å²) in [4.78, 5) is 20.0. The fourth-order valence-electron chi connectivity index (χ4n) is 1.44. The van der Waals surface area contributed by atoms with Crippen LogP contribution < -0.4 is 16.6 Å². The molecule has 5 N–H and O–H groups in total. The van der Waals surface area contributed by atoms with Crippen LogP contribution in [0.5, 0.6) is 0 Å². The van der Waals surface area contributed by atoms with Gasteiger partial charge in [-0.15, -0.1) is 10.2 Å². The Hall–Kier alpha value is -2.62. The average molecular weight is 263 g/mol. The molecule has 2 heterocycles. The Morgan fingerprint density at radius 3 is 2.89 bits per heavy atom. The molecule has 1 unspecified atom stereocenters. The molecule has 0 saturated carbocycles. The predicted molar refractivity (Wildman–Crippen MR) is 64.6 cm³/mol. The molecule has 0 bridgehead atoms. The smallest absolute Gasteiger partial charge is 0.270 e. The summed E-state index contributed by atoms with van der Waals surface area (Å²) < 4.78 is 0. The molecule has 100 valence electrons. The number of aryl methyl sites for hydroxylation is 1. The highest BCUT2D eigenvalue weighted by Gasteiger charge is 2.16. The van der Waals surface area contributed by atoms with Gasteiger partial charge in [0.2, 0.25) is 5.95 Å². The first-order valence-corrected chi connectivity index (χ1v) is 5.46. The highest BCUT2D eigenvalue weighted by atomic mass is 16.2. The third kappa shape index (κ3) is 2.98. The molecule has 0 aromatic carbocycles. The number of nitrogens with zero attached hydrogens (tertiary/aromatic N) is 5. The summed E-state index contributed by atoms with van der Waals surface area (Å²) in [5.41, 5.74) is 3.13. The Morgan fingerprint density at radius 1 is 1.47 bits per heavy atom. The van der Waals surface area contributed by atoms with Crippen LogP contribution in [0, 0.1) is 6.92 Å². The number of nitrogens with one attached hydrogen (secondary N) is 3. The molecule has 0 aliphatic carbocycles. The van der Waals surface area contributed by atoms with Gasteiger partial charge in [0.25, 0.3) is 5.91 Å². The van der Waals surface area contributed by atoms with Crippen LogP contribution in [0.3, 0.4) is 0 Å². The summed E-state index contributed by atoms with van der Waals surface area (Å²) in [6.45, 7) is 3.47. The molecule has 2 aromatic rings. The first-order chi connectivity index (χ1) is 9.10. The van der Waals surface area contributed by atoms with E-state index in [0.717, 1.165) is 0 Å². The standard InChI is InChI=1S/C9H13N9O/c1-4-3-6(13-9(11-4)14-10)8(19)12-5(2)7-15-17-18-16-7/h3,5H,10H2,1-2H3,(H,12,19)(H,11,13,14)(H,15,16,17,18). The molecule has 1 amide bonds. The number of amides is 1. The van der Waals surface area contributed by atoms with Gasteiger partial charge < -0.3 is 5.32 Å². The van der Waals surface area contributed by atoms with Crippen molar-refractivity contribution in [1.29, 1.82) is 0 Å². The molecule has 2 rings (SSSR count). The number of hydrogen-bond acceptors (Lipinski definition) is 8. The molecular weight excluding hydrogens is 250 g/mol. The molecule has 19 heavy (non-hydrogen) atoms. The van der Waals surface area contributed by atoms with Crippen LogP contribution in [0.4, 0.5) is 5.95 Å². The largest absolute Gasteiger partial charge is 0.341 e. The monoisotopic (exact) mass is 263 g/mol. The number of hydrogen-bond donors (Lipinski definition) is 4. The Morgan fingerprint density at radius 2 is 2.26 bits per heavy atom. The number of hydrazine groups is 1. The van der Waals surface area contributed by atoms with Gasteiger partial charge in [-0.2, -0.15) is 5.21 Å². The van der Waals surface area contributed by atoms with Crippen LogP contribution in [0.2, 0.25) is 0 Å². The normalized spacial score (nSPS) is 11.9. The van der Waals surface area contributed by atoms with Crippen molar-refractivity contribution in [2.75, 3.05) is 5.43 Å². The second-order valence-corrected chi connectivity index (χ2v) is 3.83. The van der Waals surface area contributed by atoms with E-state index in [9.17, 15) is 4.79 Å². The fraction of sp³-hybridized carbons (Fsp3) is 0.333. The summed E-state index contributed by atoms with van der Waals surface area (Å²) in [6.07, 6.45) is 0. The first kappa shape index (κ1) is 12.8. The van der Waals surface area contributed by atoms with E-state index in [1.54, 1.807) is 19.9 Å². The molecule has 10 heteroatoms. The van der Waals surface area contributed by atoms with Crippen molar-refractivity contribution < 1.29 is 4.79 Å². The van der Waals surface area contributed by atoms with Crippen LogP contribution >= 0.6 is 0 Å². The minimum atomic E-state index is -0.393. The molecule has 2 aromatic heterocycles. The number of tetrazole rings is 1. The summed E-state index contributed by atoms with van der Waals surface area (Å²) in [5, 5.41) is 16.0. The minimum Gasteiger partial charge on any atom is -0.341 e. The van der Waals surface area contributed by atoms with Crippen LogP contribution in [0.25, 0.3) is 0 Å². The average Bonchev–Trinajstić information content (AvgIpc) is 2.91. The molecule has 1 atom stereocenters. The number of H-pyrrole nitrogens is 1. The van der Waals surface area contributed by atoms with E-state index in [1.165, 1.54) is 0 Å². The molecule has 0 aliphatic heterocycles. The summed E-state index contributed by atoms with van der Waals surface area (Å²) in [7, 11) is 0. The van der Waals surface area contributed by atoms with E-state index < -0.39 is 6.04 Å². The van der Waals surface area contributed by atoms with Crippen molar-refractivity contribution in [3.05, 3.63) is 23.3 Å². The number of rotatable bonds is 4. The minimum absolute atomic E-state index is 0.178. The number of nitrogen functional groups attached to an aromatic ring is 1. The third-order valence-electron chi connectivity index (χ3n) is 2.31. The molecular formula is C9H13N9O. The third-order valence-corrected chi connectivity index (χ3v) is 2.31.